The molecule has 0 spiro atoms. The Labute approximate surface area is 126 Å². The van der Waals surface area contributed by atoms with E-state index >= 15 is 0 Å². The van der Waals surface area contributed by atoms with Gasteiger partial charge in [-0.2, -0.15) is 0 Å². The lowest BCUT2D eigenvalue weighted by Gasteiger charge is -2.11. The number of aromatic amines is 1. The highest BCUT2D eigenvalue weighted by atomic mass is 32.1. The first-order chi connectivity index (χ1) is 10.1. The van der Waals surface area contributed by atoms with Gasteiger partial charge in [0.2, 0.25) is 0 Å². The van der Waals surface area contributed by atoms with Crippen molar-refractivity contribution in [1.29, 1.82) is 0 Å². The van der Waals surface area contributed by atoms with Crippen LogP contribution in [0, 0.1) is 4.64 Å². The molecule has 0 radical (unpaired) electrons. The molecule has 0 aliphatic carbocycles. The minimum Gasteiger partial charge on any atom is -0.459 e. The van der Waals surface area contributed by atoms with Crippen molar-refractivity contribution in [3.8, 4) is 0 Å². The molecule has 1 aromatic carbocycles. The molecule has 106 valence electrons. The minimum absolute atomic E-state index is 0.218. The maximum absolute atomic E-state index is 12.2. The Balaban J connectivity index is 1.83. The first-order valence-electron chi connectivity index (χ1n) is 6.62. The second-order valence-corrected chi connectivity index (χ2v) is 5.20. The molecule has 4 nitrogen and oxygen atoms in total. The molecule has 2 N–H and O–H groups in total. The molecule has 5 heteroatoms. The van der Waals surface area contributed by atoms with Crippen LogP contribution in [0.4, 0.5) is 0 Å². The molecule has 0 saturated heterocycles. The molecule has 21 heavy (non-hydrogen) atoms. The highest BCUT2D eigenvalue weighted by Gasteiger charge is 2.16. The Morgan fingerprint density at radius 1 is 1.29 bits per heavy atom. The van der Waals surface area contributed by atoms with E-state index in [2.05, 4.69) is 10.3 Å². The summed E-state index contributed by atoms with van der Waals surface area (Å²) in [6.07, 6.45) is 1.70. The van der Waals surface area contributed by atoms with Crippen LogP contribution in [0.5, 0.6) is 0 Å². The number of hydrogen-bond donors (Lipinski definition) is 2. The minimum atomic E-state index is -0.237. The quantitative estimate of drug-likeness (QED) is 0.719. The Bertz CT molecular complexity index is 817. The zero-order valence-corrected chi connectivity index (χ0v) is 12.2. The highest BCUT2D eigenvalue weighted by Crippen LogP contribution is 2.23. The van der Waals surface area contributed by atoms with E-state index in [4.69, 9.17) is 16.6 Å². The number of hydrogen-bond acceptors (Lipinski definition) is 3. The van der Waals surface area contributed by atoms with E-state index in [0.717, 1.165) is 16.7 Å². The highest BCUT2D eigenvalue weighted by molar-refractivity contribution is 7.71. The van der Waals surface area contributed by atoms with Crippen molar-refractivity contribution in [3.05, 3.63) is 64.6 Å². The fraction of sp³-hybridized carbons (Fsp3) is 0.125. The van der Waals surface area contributed by atoms with Crippen LogP contribution in [0.15, 0.2) is 53.1 Å². The Hall–Kier alpha value is -2.40. The number of rotatable bonds is 3. The van der Waals surface area contributed by atoms with Crippen LogP contribution in [0.25, 0.3) is 11.0 Å². The molecule has 2 heterocycles. The standard InChI is InChI=1S/C16H14N2O2S/c1-10(14-9-11-5-2-3-7-13(11)20-14)18-15(19)12-6-4-8-17-16(12)21/h2-10H,1H3,(H,17,21)(H,18,19). The van der Waals surface area contributed by atoms with E-state index in [0.29, 0.717) is 10.2 Å². The lowest BCUT2D eigenvalue weighted by molar-refractivity contribution is 0.0935. The first-order valence-corrected chi connectivity index (χ1v) is 7.03. The maximum Gasteiger partial charge on any atom is 0.254 e. The molecule has 0 bridgehead atoms. The second kappa shape index (κ2) is 5.54. The van der Waals surface area contributed by atoms with Crippen molar-refractivity contribution < 1.29 is 9.21 Å². The summed E-state index contributed by atoms with van der Waals surface area (Å²) >= 11 is 5.11. The van der Waals surface area contributed by atoms with Crippen molar-refractivity contribution in [2.75, 3.05) is 0 Å². The summed E-state index contributed by atoms with van der Waals surface area (Å²) in [4.78, 5) is 15.1. The van der Waals surface area contributed by atoms with Gasteiger partial charge in [0.25, 0.3) is 5.91 Å². The molecule has 0 fully saturated rings. The van der Waals surface area contributed by atoms with Gasteiger partial charge in [0.15, 0.2) is 0 Å². The third-order valence-electron chi connectivity index (χ3n) is 3.28. The van der Waals surface area contributed by atoms with Gasteiger partial charge in [0.05, 0.1) is 11.6 Å². The molecule has 2 aromatic heterocycles. The number of pyridine rings is 1. The number of carbonyl (C=O) groups is 1. The number of fused-ring (bicyclic) bond motifs is 1. The SMILES string of the molecule is CC(NC(=O)c1ccc[nH]c1=S)c1cc2ccccc2o1. The lowest BCUT2D eigenvalue weighted by atomic mass is 10.2. The third-order valence-corrected chi connectivity index (χ3v) is 3.62. The van der Waals surface area contributed by atoms with Gasteiger partial charge in [0, 0.05) is 11.6 Å². The van der Waals surface area contributed by atoms with E-state index in [1.807, 2.05) is 37.3 Å². The van der Waals surface area contributed by atoms with Crippen molar-refractivity contribution in [3.63, 3.8) is 0 Å². The number of furan rings is 1. The predicted octanol–water partition coefficient (Wildman–Crippen LogP) is 3.98. The van der Waals surface area contributed by atoms with Gasteiger partial charge >= 0.3 is 0 Å². The molecule has 0 aliphatic heterocycles. The Kier molecular flexibility index (Phi) is 3.58. The van der Waals surface area contributed by atoms with Crippen LogP contribution in [0.2, 0.25) is 0 Å². The number of benzene rings is 1. The number of aromatic nitrogens is 1. The summed E-state index contributed by atoms with van der Waals surface area (Å²) in [7, 11) is 0. The van der Waals surface area contributed by atoms with Gasteiger partial charge in [0.1, 0.15) is 16.0 Å². The summed E-state index contributed by atoms with van der Waals surface area (Å²) in [5.74, 6) is 0.500. The van der Waals surface area contributed by atoms with Gasteiger partial charge in [-0.3, -0.25) is 4.79 Å². The number of amides is 1. The number of para-hydroxylation sites is 1. The van der Waals surface area contributed by atoms with E-state index in [1.54, 1.807) is 18.3 Å². The fourth-order valence-corrected chi connectivity index (χ4v) is 2.39. The summed E-state index contributed by atoms with van der Waals surface area (Å²) < 4.78 is 6.17. The molecule has 3 aromatic rings. The lowest BCUT2D eigenvalue weighted by Crippen LogP contribution is -2.26. The van der Waals surface area contributed by atoms with Crippen molar-refractivity contribution in [2.24, 2.45) is 0 Å². The summed E-state index contributed by atoms with van der Waals surface area (Å²) in [5.41, 5.74) is 1.26. The topological polar surface area (TPSA) is 58.0 Å². The number of nitrogens with one attached hydrogen (secondary N) is 2. The predicted molar refractivity (Wildman–Crippen MR) is 83.7 cm³/mol. The third kappa shape index (κ3) is 2.73. The molecule has 3 rings (SSSR count). The molecular weight excluding hydrogens is 284 g/mol. The fourth-order valence-electron chi connectivity index (χ4n) is 2.16. The van der Waals surface area contributed by atoms with E-state index in [-0.39, 0.29) is 11.9 Å². The van der Waals surface area contributed by atoms with Gasteiger partial charge in [-0.05, 0) is 31.2 Å². The van der Waals surface area contributed by atoms with Crippen LogP contribution < -0.4 is 5.32 Å². The second-order valence-electron chi connectivity index (χ2n) is 4.79. The van der Waals surface area contributed by atoms with E-state index < -0.39 is 0 Å². The van der Waals surface area contributed by atoms with Gasteiger partial charge in [-0.1, -0.05) is 30.4 Å². The largest absolute Gasteiger partial charge is 0.459 e. The normalized spacial score (nSPS) is 12.2. The summed E-state index contributed by atoms with van der Waals surface area (Å²) in [6, 6.07) is 12.9. The van der Waals surface area contributed by atoms with Gasteiger partial charge in [-0.15, -0.1) is 0 Å². The smallest absolute Gasteiger partial charge is 0.254 e. The van der Waals surface area contributed by atoms with Crippen LogP contribution in [-0.4, -0.2) is 10.9 Å². The van der Waals surface area contributed by atoms with Crippen LogP contribution in [-0.2, 0) is 0 Å². The first kappa shape index (κ1) is 13.6. The average molecular weight is 298 g/mol. The summed E-state index contributed by atoms with van der Waals surface area (Å²) in [6.45, 7) is 1.88. The maximum atomic E-state index is 12.2. The molecule has 0 saturated carbocycles. The van der Waals surface area contributed by atoms with E-state index in [1.165, 1.54) is 0 Å². The average Bonchev–Trinajstić information content (AvgIpc) is 2.91. The van der Waals surface area contributed by atoms with Gasteiger partial charge < -0.3 is 14.7 Å². The van der Waals surface area contributed by atoms with Crippen molar-refractivity contribution in [1.82, 2.24) is 10.3 Å². The Morgan fingerprint density at radius 2 is 2.10 bits per heavy atom. The molecule has 1 atom stereocenters. The van der Waals surface area contributed by atoms with Crippen molar-refractivity contribution >= 4 is 29.1 Å². The molecule has 1 unspecified atom stereocenters. The van der Waals surface area contributed by atoms with Gasteiger partial charge in [-0.25, -0.2) is 0 Å². The number of carbonyl (C=O) groups excluding carboxylic acids is 1. The van der Waals surface area contributed by atoms with Crippen LogP contribution in [0.1, 0.15) is 29.1 Å². The molecular formula is C16H14N2O2S. The van der Waals surface area contributed by atoms with Crippen molar-refractivity contribution in [2.45, 2.75) is 13.0 Å². The number of H-pyrrole nitrogens is 1. The van der Waals surface area contributed by atoms with E-state index in [9.17, 15) is 4.79 Å². The molecule has 1 amide bonds. The zero-order valence-electron chi connectivity index (χ0n) is 11.4. The monoisotopic (exact) mass is 298 g/mol. The summed E-state index contributed by atoms with van der Waals surface area (Å²) in [5, 5.41) is 3.91. The van der Waals surface area contributed by atoms with Crippen LogP contribution in [0.3, 0.4) is 0 Å². The Morgan fingerprint density at radius 3 is 2.86 bits per heavy atom. The zero-order chi connectivity index (χ0) is 14.8. The molecule has 0 aliphatic rings. The van der Waals surface area contributed by atoms with Crippen LogP contribution >= 0.6 is 12.2 Å².